The van der Waals surface area contributed by atoms with Gasteiger partial charge in [-0.3, -0.25) is 4.79 Å². The molecule has 4 heteroatoms. The van der Waals surface area contributed by atoms with E-state index in [1.807, 2.05) is 12.1 Å². The summed E-state index contributed by atoms with van der Waals surface area (Å²) in [4.78, 5) is 15.6. The Hall–Kier alpha value is -2.13. The van der Waals surface area contributed by atoms with Gasteiger partial charge in [0.05, 0.1) is 5.02 Å². The predicted octanol–water partition coefficient (Wildman–Crippen LogP) is 4.50. The molecule has 0 aliphatic rings. The third-order valence-electron chi connectivity index (χ3n) is 3.34. The number of carbonyl (C=O) groups is 1. The van der Waals surface area contributed by atoms with Gasteiger partial charge in [-0.25, -0.2) is 4.39 Å². The highest BCUT2D eigenvalue weighted by Gasteiger charge is 2.18. The van der Waals surface area contributed by atoms with E-state index in [1.165, 1.54) is 12.1 Å². The minimum absolute atomic E-state index is 0.235. The first-order chi connectivity index (χ1) is 9.58. The van der Waals surface area contributed by atoms with Gasteiger partial charge in [-0.05, 0) is 36.8 Å². The van der Waals surface area contributed by atoms with E-state index in [0.717, 1.165) is 11.1 Å². The van der Waals surface area contributed by atoms with Gasteiger partial charge in [-0.1, -0.05) is 23.7 Å². The third-order valence-corrected chi connectivity index (χ3v) is 3.66. The maximum atomic E-state index is 13.4. The van der Waals surface area contributed by atoms with Crippen LogP contribution in [0.25, 0.3) is 10.9 Å². The summed E-state index contributed by atoms with van der Waals surface area (Å²) in [6.45, 7) is 1.78. The topological polar surface area (TPSA) is 32.9 Å². The minimum atomic E-state index is -0.426. The number of halogens is 2. The smallest absolute Gasteiger partial charge is 0.195 e. The highest BCUT2D eigenvalue weighted by molar-refractivity contribution is 6.37. The van der Waals surface area contributed by atoms with Crippen molar-refractivity contribution in [2.75, 3.05) is 0 Å². The standard InChI is InChI=1S/C16H11ClFNO/c1-9-5-6-10(18)7-11(9)16(20)12-8-19-14-4-2-3-13(17)15(12)14/h2-8,19H,1H3. The van der Waals surface area contributed by atoms with Gasteiger partial charge in [0.25, 0.3) is 0 Å². The number of hydrogen-bond donors (Lipinski definition) is 1. The minimum Gasteiger partial charge on any atom is -0.360 e. The summed E-state index contributed by atoms with van der Waals surface area (Å²) in [7, 11) is 0. The Labute approximate surface area is 120 Å². The molecule has 0 amide bonds. The Balaban J connectivity index is 2.21. The van der Waals surface area contributed by atoms with Crippen molar-refractivity contribution in [2.24, 2.45) is 0 Å². The molecule has 0 saturated heterocycles. The number of carbonyl (C=O) groups excluding carboxylic acids is 1. The fourth-order valence-corrected chi connectivity index (χ4v) is 2.58. The van der Waals surface area contributed by atoms with Crippen LogP contribution in [0, 0.1) is 12.7 Å². The molecule has 0 saturated carbocycles. The van der Waals surface area contributed by atoms with E-state index < -0.39 is 5.82 Å². The molecule has 2 nitrogen and oxygen atoms in total. The largest absolute Gasteiger partial charge is 0.360 e. The van der Waals surface area contributed by atoms with E-state index in [1.54, 1.807) is 25.3 Å². The number of aryl methyl sites for hydroxylation is 1. The van der Waals surface area contributed by atoms with Crippen molar-refractivity contribution in [3.05, 3.63) is 70.1 Å². The van der Waals surface area contributed by atoms with Gasteiger partial charge in [0.2, 0.25) is 0 Å². The monoisotopic (exact) mass is 287 g/mol. The van der Waals surface area contributed by atoms with Crippen LogP contribution in [-0.4, -0.2) is 10.8 Å². The molecule has 1 aromatic heterocycles. The van der Waals surface area contributed by atoms with Gasteiger partial charge >= 0.3 is 0 Å². The number of ketones is 1. The molecular weight excluding hydrogens is 277 g/mol. The number of rotatable bonds is 2. The van der Waals surface area contributed by atoms with E-state index in [9.17, 15) is 9.18 Å². The molecule has 1 heterocycles. The van der Waals surface area contributed by atoms with Crippen LogP contribution in [0.1, 0.15) is 21.5 Å². The van der Waals surface area contributed by atoms with Crippen LogP contribution >= 0.6 is 11.6 Å². The maximum absolute atomic E-state index is 13.4. The lowest BCUT2D eigenvalue weighted by Crippen LogP contribution is -2.03. The molecule has 20 heavy (non-hydrogen) atoms. The normalized spacial score (nSPS) is 10.9. The fourth-order valence-electron chi connectivity index (χ4n) is 2.30. The number of aromatic nitrogens is 1. The first kappa shape index (κ1) is 12.9. The SMILES string of the molecule is Cc1ccc(F)cc1C(=O)c1c[nH]c2cccc(Cl)c12. The van der Waals surface area contributed by atoms with Crippen molar-refractivity contribution in [1.29, 1.82) is 0 Å². The van der Waals surface area contributed by atoms with E-state index >= 15 is 0 Å². The van der Waals surface area contributed by atoms with Crippen LogP contribution in [0.3, 0.4) is 0 Å². The number of fused-ring (bicyclic) bond motifs is 1. The maximum Gasteiger partial charge on any atom is 0.195 e. The molecule has 1 N–H and O–H groups in total. The Morgan fingerprint density at radius 3 is 2.80 bits per heavy atom. The predicted molar refractivity (Wildman–Crippen MR) is 77.9 cm³/mol. The van der Waals surface area contributed by atoms with Crippen LogP contribution < -0.4 is 0 Å². The van der Waals surface area contributed by atoms with Crippen molar-refractivity contribution in [3.8, 4) is 0 Å². The lowest BCUT2D eigenvalue weighted by molar-refractivity contribution is 0.103. The molecule has 3 aromatic rings. The zero-order chi connectivity index (χ0) is 14.3. The molecule has 0 atom stereocenters. The molecule has 0 fully saturated rings. The summed E-state index contributed by atoms with van der Waals surface area (Å²) in [5.74, 6) is -0.661. The van der Waals surface area contributed by atoms with Gasteiger partial charge in [0.1, 0.15) is 5.82 Å². The van der Waals surface area contributed by atoms with Crippen LogP contribution in [0.2, 0.25) is 5.02 Å². The second-order valence-corrected chi connectivity index (χ2v) is 5.06. The molecule has 0 aliphatic heterocycles. The van der Waals surface area contributed by atoms with E-state index in [2.05, 4.69) is 4.98 Å². The van der Waals surface area contributed by atoms with E-state index in [0.29, 0.717) is 21.5 Å². The summed E-state index contributed by atoms with van der Waals surface area (Å²) >= 11 is 6.16. The van der Waals surface area contributed by atoms with Crippen molar-refractivity contribution >= 4 is 28.3 Å². The first-order valence-corrected chi connectivity index (χ1v) is 6.52. The Morgan fingerprint density at radius 2 is 2.00 bits per heavy atom. The molecule has 0 spiro atoms. The fraction of sp³-hybridized carbons (Fsp3) is 0.0625. The second-order valence-electron chi connectivity index (χ2n) is 4.65. The van der Waals surface area contributed by atoms with Crippen molar-refractivity contribution < 1.29 is 9.18 Å². The zero-order valence-electron chi connectivity index (χ0n) is 10.7. The van der Waals surface area contributed by atoms with Gasteiger partial charge in [-0.15, -0.1) is 0 Å². The summed E-state index contributed by atoms with van der Waals surface area (Å²) < 4.78 is 13.4. The highest BCUT2D eigenvalue weighted by atomic mass is 35.5. The average molecular weight is 288 g/mol. The van der Waals surface area contributed by atoms with Gasteiger partial charge in [-0.2, -0.15) is 0 Å². The molecular formula is C16H11ClFNO. The number of H-pyrrole nitrogens is 1. The van der Waals surface area contributed by atoms with Crippen molar-refractivity contribution in [2.45, 2.75) is 6.92 Å². The summed E-state index contributed by atoms with van der Waals surface area (Å²) in [6.07, 6.45) is 1.61. The van der Waals surface area contributed by atoms with Crippen LogP contribution in [0.5, 0.6) is 0 Å². The Bertz CT molecular complexity index is 822. The quantitative estimate of drug-likeness (QED) is 0.692. The third kappa shape index (κ3) is 2.00. The molecule has 2 aromatic carbocycles. The summed E-state index contributed by atoms with van der Waals surface area (Å²) in [6, 6.07) is 9.58. The van der Waals surface area contributed by atoms with Gasteiger partial charge < -0.3 is 4.98 Å². The molecule has 100 valence electrons. The van der Waals surface area contributed by atoms with Crippen molar-refractivity contribution in [1.82, 2.24) is 4.98 Å². The lowest BCUT2D eigenvalue weighted by atomic mass is 9.98. The van der Waals surface area contributed by atoms with Crippen molar-refractivity contribution in [3.63, 3.8) is 0 Å². The van der Waals surface area contributed by atoms with E-state index in [4.69, 9.17) is 11.6 Å². The van der Waals surface area contributed by atoms with Gasteiger partial charge in [0, 0.05) is 28.2 Å². The molecule has 0 aliphatic carbocycles. The lowest BCUT2D eigenvalue weighted by Gasteiger charge is -2.05. The second kappa shape index (κ2) is 4.76. The molecule has 0 bridgehead atoms. The summed E-state index contributed by atoms with van der Waals surface area (Å²) in [5.41, 5.74) is 2.33. The number of nitrogens with one attached hydrogen (secondary N) is 1. The zero-order valence-corrected chi connectivity index (χ0v) is 11.5. The Morgan fingerprint density at radius 1 is 1.20 bits per heavy atom. The number of hydrogen-bond acceptors (Lipinski definition) is 1. The molecule has 3 rings (SSSR count). The summed E-state index contributed by atoms with van der Waals surface area (Å²) in [5, 5.41) is 1.17. The van der Waals surface area contributed by atoms with Crippen LogP contribution in [0.15, 0.2) is 42.6 Å². The number of aromatic amines is 1. The van der Waals surface area contributed by atoms with Crippen LogP contribution in [0.4, 0.5) is 4.39 Å². The average Bonchev–Trinajstić information content (AvgIpc) is 2.86. The van der Waals surface area contributed by atoms with Crippen LogP contribution in [-0.2, 0) is 0 Å². The van der Waals surface area contributed by atoms with E-state index in [-0.39, 0.29) is 5.78 Å². The molecule has 0 unspecified atom stereocenters. The Kier molecular flexibility index (Phi) is 3.07. The van der Waals surface area contributed by atoms with Gasteiger partial charge in [0.15, 0.2) is 5.78 Å². The highest BCUT2D eigenvalue weighted by Crippen LogP contribution is 2.28. The first-order valence-electron chi connectivity index (χ1n) is 6.14. The molecule has 0 radical (unpaired) electrons. The number of benzene rings is 2.